The Bertz CT molecular complexity index is 569. The number of halogens is 1. The van der Waals surface area contributed by atoms with E-state index in [4.69, 9.17) is 17.4 Å². The highest BCUT2D eigenvalue weighted by atomic mass is 35.5. The van der Waals surface area contributed by atoms with E-state index < -0.39 is 9.84 Å². The first-order valence-electron chi connectivity index (χ1n) is 6.18. The molecule has 0 saturated carbocycles. The van der Waals surface area contributed by atoms with Gasteiger partial charge in [0.05, 0.1) is 27.9 Å². The third-order valence-electron chi connectivity index (χ3n) is 3.73. The van der Waals surface area contributed by atoms with Gasteiger partial charge in [0.2, 0.25) is 0 Å². The smallest absolute Gasteiger partial charge is 0.150 e. The Morgan fingerprint density at radius 3 is 2.74 bits per heavy atom. The van der Waals surface area contributed by atoms with Gasteiger partial charge < -0.3 is 0 Å². The molecule has 2 heterocycles. The van der Waals surface area contributed by atoms with Gasteiger partial charge in [-0.3, -0.25) is 16.0 Å². The summed E-state index contributed by atoms with van der Waals surface area (Å²) in [5.74, 6) is 6.04. The average molecular weight is 307 g/mol. The van der Waals surface area contributed by atoms with Crippen LogP contribution in [0.4, 0.5) is 0 Å². The predicted octanol–water partition coefficient (Wildman–Crippen LogP) is 0.191. The van der Waals surface area contributed by atoms with Gasteiger partial charge >= 0.3 is 0 Å². The van der Waals surface area contributed by atoms with Crippen LogP contribution >= 0.6 is 11.6 Å². The van der Waals surface area contributed by atoms with Crippen LogP contribution in [0, 0.1) is 12.8 Å². The number of aryl methyl sites for hydroxylation is 2. The first-order chi connectivity index (χ1) is 8.84. The van der Waals surface area contributed by atoms with Gasteiger partial charge in [0.25, 0.3) is 0 Å². The monoisotopic (exact) mass is 306 g/mol. The van der Waals surface area contributed by atoms with Gasteiger partial charge in [-0.25, -0.2) is 8.42 Å². The molecule has 1 aliphatic rings. The van der Waals surface area contributed by atoms with Crippen molar-refractivity contribution in [1.29, 1.82) is 0 Å². The predicted molar refractivity (Wildman–Crippen MR) is 74.5 cm³/mol. The van der Waals surface area contributed by atoms with Gasteiger partial charge in [0, 0.05) is 19.5 Å². The van der Waals surface area contributed by atoms with E-state index in [0.717, 1.165) is 11.4 Å². The number of nitrogens with two attached hydrogens (primary N) is 1. The standard InChI is InChI=1S/C11H19ClN4O2S/c1-7-11(12)10(16(2)15-7)5-9(14-13)8-3-4-19(17,18)6-8/h8-9,14H,3-6,13H2,1-2H3. The summed E-state index contributed by atoms with van der Waals surface area (Å²) in [6, 6.07) is -0.107. The van der Waals surface area contributed by atoms with E-state index in [-0.39, 0.29) is 23.5 Å². The Labute approximate surface area is 118 Å². The van der Waals surface area contributed by atoms with Gasteiger partial charge in [-0.1, -0.05) is 11.6 Å². The fourth-order valence-corrected chi connectivity index (χ4v) is 4.73. The van der Waals surface area contributed by atoms with Gasteiger partial charge in [0.15, 0.2) is 9.84 Å². The third kappa shape index (κ3) is 3.10. The van der Waals surface area contributed by atoms with Crippen LogP contribution in [-0.4, -0.2) is 35.7 Å². The minimum Gasteiger partial charge on any atom is -0.271 e. The molecule has 19 heavy (non-hydrogen) atoms. The summed E-state index contributed by atoms with van der Waals surface area (Å²) >= 11 is 6.21. The Kier molecular flexibility index (Phi) is 4.20. The zero-order chi connectivity index (χ0) is 14.2. The SMILES string of the molecule is Cc1nn(C)c(CC(NN)C2CCS(=O)(=O)C2)c1Cl. The first kappa shape index (κ1) is 14.8. The topological polar surface area (TPSA) is 90.0 Å². The van der Waals surface area contributed by atoms with E-state index in [9.17, 15) is 8.42 Å². The number of sulfone groups is 1. The summed E-state index contributed by atoms with van der Waals surface area (Å²) in [5.41, 5.74) is 4.38. The first-order valence-corrected chi connectivity index (χ1v) is 8.38. The van der Waals surface area contributed by atoms with Crippen LogP contribution in [0.3, 0.4) is 0 Å². The molecule has 1 aromatic heterocycles. The van der Waals surface area contributed by atoms with E-state index in [1.807, 2.05) is 14.0 Å². The zero-order valence-electron chi connectivity index (χ0n) is 11.1. The second-order valence-electron chi connectivity index (χ2n) is 5.11. The van der Waals surface area contributed by atoms with Crippen LogP contribution in [0.15, 0.2) is 0 Å². The average Bonchev–Trinajstić information content (AvgIpc) is 2.79. The molecule has 0 bridgehead atoms. The molecular weight excluding hydrogens is 288 g/mol. The minimum absolute atomic E-state index is 0.0290. The van der Waals surface area contributed by atoms with Crippen LogP contribution in [-0.2, 0) is 23.3 Å². The van der Waals surface area contributed by atoms with Crippen molar-refractivity contribution in [2.75, 3.05) is 11.5 Å². The third-order valence-corrected chi connectivity index (χ3v) is 6.01. The van der Waals surface area contributed by atoms with Gasteiger partial charge in [-0.15, -0.1) is 0 Å². The van der Waals surface area contributed by atoms with E-state index in [1.54, 1.807) is 4.68 Å². The van der Waals surface area contributed by atoms with Crippen molar-refractivity contribution in [3.8, 4) is 0 Å². The fraction of sp³-hybridized carbons (Fsp3) is 0.727. The van der Waals surface area contributed by atoms with Crippen LogP contribution < -0.4 is 11.3 Å². The lowest BCUT2D eigenvalue weighted by Gasteiger charge is -2.21. The number of hydrogen-bond donors (Lipinski definition) is 2. The van der Waals surface area contributed by atoms with E-state index in [0.29, 0.717) is 17.9 Å². The number of hydrazine groups is 1. The van der Waals surface area contributed by atoms with Crippen LogP contribution in [0.1, 0.15) is 17.8 Å². The Morgan fingerprint density at radius 1 is 1.63 bits per heavy atom. The maximum absolute atomic E-state index is 11.5. The molecule has 108 valence electrons. The number of hydrogen-bond acceptors (Lipinski definition) is 5. The lowest BCUT2D eigenvalue weighted by molar-refractivity contribution is 0.378. The number of rotatable bonds is 4. The molecule has 0 amide bonds. The van der Waals surface area contributed by atoms with E-state index >= 15 is 0 Å². The van der Waals surface area contributed by atoms with Crippen LogP contribution in [0.5, 0.6) is 0 Å². The molecule has 3 N–H and O–H groups in total. The van der Waals surface area contributed by atoms with Crippen molar-refractivity contribution in [2.45, 2.75) is 25.8 Å². The van der Waals surface area contributed by atoms with Crippen molar-refractivity contribution in [3.05, 3.63) is 16.4 Å². The Morgan fingerprint density at radius 2 is 2.32 bits per heavy atom. The molecule has 1 saturated heterocycles. The van der Waals surface area contributed by atoms with Crippen molar-refractivity contribution < 1.29 is 8.42 Å². The second-order valence-corrected chi connectivity index (χ2v) is 7.72. The molecule has 6 nitrogen and oxygen atoms in total. The molecule has 0 radical (unpaired) electrons. The highest BCUT2D eigenvalue weighted by Crippen LogP contribution is 2.26. The minimum atomic E-state index is -2.91. The summed E-state index contributed by atoms with van der Waals surface area (Å²) in [6.45, 7) is 1.84. The van der Waals surface area contributed by atoms with Gasteiger partial charge in [0.1, 0.15) is 0 Å². The quantitative estimate of drug-likeness (QED) is 0.612. The van der Waals surface area contributed by atoms with Gasteiger partial charge in [-0.2, -0.15) is 5.10 Å². The fourth-order valence-electron chi connectivity index (χ4n) is 2.61. The van der Waals surface area contributed by atoms with Gasteiger partial charge in [-0.05, 0) is 19.3 Å². The Hall–Kier alpha value is -0.630. The lowest BCUT2D eigenvalue weighted by Crippen LogP contribution is -2.43. The maximum Gasteiger partial charge on any atom is 0.150 e. The molecule has 1 aromatic rings. The molecule has 1 fully saturated rings. The molecule has 0 aromatic carbocycles. The molecular formula is C11H19ClN4O2S. The molecule has 2 rings (SSSR count). The molecule has 0 spiro atoms. The normalized spacial score (nSPS) is 23.7. The molecule has 2 atom stereocenters. The molecule has 0 aliphatic carbocycles. The lowest BCUT2D eigenvalue weighted by atomic mass is 9.95. The number of nitrogens with zero attached hydrogens (tertiary/aromatic N) is 2. The summed E-state index contributed by atoms with van der Waals surface area (Å²) in [4.78, 5) is 0. The van der Waals surface area contributed by atoms with Crippen molar-refractivity contribution in [3.63, 3.8) is 0 Å². The van der Waals surface area contributed by atoms with E-state index in [2.05, 4.69) is 10.5 Å². The largest absolute Gasteiger partial charge is 0.271 e. The number of aromatic nitrogens is 2. The van der Waals surface area contributed by atoms with Crippen molar-refractivity contribution in [1.82, 2.24) is 15.2 Å². The zero-order valence-corrected chi connectivity index (χ0v) is 12.6. The highest BCUT2D eigenvalue weighted by molar-refractivity contribution is 7.91. The Balaban J connectivity index is 2.16. The molecule has 1 aliphatic heterocycles. The van der Waals surface area contributed by atoms with Crippen LogP contribution in [0.2, 0.25) is 5.02 Å². The highest BCUT2D eigenvalue weighted by Gasteiger charge is 2.34. The van der Waals surface area contributed by atoms with Crippen molar-refractivity contribution in [2.24, 2.45) is 18.8 Å². The maximum atomic E-state index is 11.5. The summed E-state index contributed by atoms with van der Waals surface area (Å²) < 4.78 is 24.8. The van der Waals surface area contributed by atoms with E-state index in [1.165, 1.54) is 0 Å². The molecule has 8 heteroatoms. The summed E-state index contributed by atoms with van der Waals surface area (Å²) in [5, 5.41) is 4.88. The second kappa shape index (κ2) is 5.40. The summed E-state index contributed by atoms with van der Waals surface area (Å²) in [6.07, 6.45) is 1.22. The molecule has 2 unspecified atom stereocenters. The van der Waals surface area contributed by atoms with Crippen LogP contribution in [0.25, 0.3) is 0 Å². The van der Waals surface area contributed by atoms with Crippen molar-refractivity contribution >= 4 is 21.4 Å². The summed E-state index contributed by atoms with van der Waals surface area (Å²) in [7, 11) is -1.08. The number of nitrogens with one attached hydrogen (secondary N) is 1.